The van der Waals surface area contributed by atoms with Gasteiger partial charge in [0.1, 0.15) is 0 Å². The molecule has 0 aliphatic heterocycles. The van der Waals surface area contributed by atoms with Gasteiger partial charge < -0.3 is 25.4 Å². The molecule has 30 heavy (non-hydrogen) atoms. The summed E-state index contributed by atoms with van der Waals surface area (Å²) in [4.78, 5) is 7.00. The molecule has 0 amide bonds. The predicted octanol–water partition coefficient (Wildman–Crippen LogP) is 2.36. The van der Waals surface area contributed by atoms with Gasteiger partial charge in [-0.3, -0.25) is 0 Å². The summed E-state index contributed by atoms with van der Waals surface area (Å²) in [5, 5.41) is 8.77. The van der Waals surface area contributed by atoms with E-state index in [1.807, 2.05) is 0 Å². The second-order valence-corrected chi connectivity index (χ2v) is 8.68. The Kier molecular flexibility index (Phi) is 7.71. The summed E-state index contributed by atoms with van der Waals surface area (Å²) in [6, 6.07) is 17.3. The first-order valence-electron chi connectivity index (χ1n) is 10.6. The van der Waals surface area contributed by atoms with Crippen molar-refractivity contribution in [2.45, 2.75) is 12.3 Å². The van der Waals surface area contributed by atoms with E-state index < -0.39 is 0 Å². The summed E-state index contributed by atoms with van der Waals surface area (Å²) in [7, 11) is 8.47. The van der Waals surface area contributed by atoms with Gasteiger partial charge in [-0.2, -0.15) is 0 Å². The van der Waals surface area contributed by atoms with E-state index in [0.717, 1.165) is 36.7 Å². The van der Waals surface area contributed by atoms with Crippen LogP contribution in [0.2, 0.25) is 0 Å². The first-order chi connectivity index (χ1) is 14.5. The Balaban J connectivity index is 1.75. The molecule has 6 heteroatoms. The molecule has 0 aliphatic carbocycles. The molecular weight excluding hydrogens is 390 g/mol. The molecule has 0 bridgehead atoms. The van der Waals surface area contributed by atoms with Gasteiger partial charge in [0.25, 0.3) is 0 Å². The van der Waals surface area contributed by atoms with E-state index in [9.17, 15) is 0 Å². The maximum atomic E-state index is 5.54. The van der Waals surface area contributed by atoms with Crippen molar-refractivity contribution in [1.29, 1.82) is 0 Å². The third kappa shape index (κ3) is 5.74. The van der Waals surface area contributed by atoms with Crippen molar-refractivity contribution in [3.05, 3.63) is 65.9 Å². The number of fused-ring (bicyclic) bond motifs is 1. The highest BCUT2D eigenvalue weighted by molar-refractivity contribution is 7.80. The fourth-order valence-corrected chi connectivity index (χ4v) is 3.88. The van der Waals surface area contributed by atoms with Crippen LogP contribution in [0.5, 0.6) is 0 Å². The van der Waals surface area contributed by atoms with Crippen LogP contribution in [0.25, 0.3) is 10.9 Å². The number of aromatic nitrogens is 1. The Morgan fingerprint density at radius 2 is 1.80 bits per heavy atom. The first kappa shape index (κ1) is 22.1. The van der Waals surface area contributed by atoms with Gasteiger partial charge in [0.2, 0.25) is 0 Å². The van der Waals surface area contributed by atoms with Crippen LogP contribution in [0.15, 0.2) is 54.7 Å². The first-order valence-corrected chi connectivity index (χ1v) is 11.0. The predicted molar refractivity (Wildman–Crippen MR) is 132 cm³/mol. The number of anilines is 1. The highest BCUT2D eigenvalue weighted by Crippen LogP contribution is 2.31. The maximum absolute atomic E-state index is 5.54. The van der Waals surface area contributed by atoms with E-state index >= 15 is 0 Å². The lowest BCUT2D eigenvalue weighted by atomic mass is 9.90. The Morgan fingerprint density at radius 1 is 1.07 bits per heavy atom. The molecule has 0 saturated carbocycles. The summed E-state index contributed by atoms with van der Waals surface area (Å²) in [6.45, 7) is 2.77. The number of benzene rings is 2. The highest BCUT2D eigenvalue weighted by atomic mass is 32.1. The summed E-state index contributed by atoms with van der Waals surface area (Å²) in [5.41, 5.74) is 4.92. The number of hydrogen-bond donors (Lipinski definition) is 4. The van der Waals surface area contributed by atoms with Gasteiger partial charge in [0.15, 0.2) is 5.11 Å². The molecule has 1 atom stereocenters. The number of nitrogens with zero attached hydrogens (tertiary/aromatic N) is 1. The zero-order chi connectivity index (χ0) is 21.5. The fourth-order valence-electron chi connectivity index (χ4n) is 3.70. The van der Waals surface area contributed by atoms with E-state index in [1.54, 1.807) is 0 Å². The maximum Gasteiger partial charge on any atom is 0.166 e. The SMILES string of the molecule is CN(C)c1ccc([C@H](CNC(=S)NCCC[NH+](C)C)c2c[nH]c3ccccc23)cc1. The average molecular weight is 425 g/mol. The Bertz CT molecular complexity index is 946. The molecule has 5 nitrogen and oxygen atoms in total. The van der Waals surface area contributed by atoms with Crippen LogP contribution >= 0.6 is 12.2 Å². The molecule has 0 aliphatic rings. The lowest BCUT2D eigenvalue weighted by Crippen LogP contribution is -3.05. The molecule has 3 rings (SSSR count). The van der Waals surface area contributed by atoms with E-state index in [4.69, 9.17) is 12.2 Å². The Labute approximate surface area is 185 Å². The molecule has 0 radical (unpaired) electrons. The van der Waals surface area contributed by atoms with E-state index in [0.29, 0.717) is 0 Å². The van der Waals surface area contributed by atoms with Gasteiger partial charge in [0, 0.05) is 62.3 Å². The van der Waals surface area contributed by atoms with E-state index in [2.05, 4.69) is 103 Å². The highest BCUT2D eigenvalue weighted by Gasteiger charge is 2.18. The fraction of sp³-hybridized carbons (Fsp3) is 0.375. The third-order valence-corrected chi connectivity index (χ3v) is 5.70. The third-order valence-electron chi connectivity index (χ3n) is 5.41. The van der Waals surface area contributed by atoms with Crippen molar-refractivity contribution >= 4 is 33.9 Å². The summed E-state index contributed by atoms with van der Waals surface area (Å²) < 4.78 is 0. The van der Waals surface area contributed by atoms with E-state index in [1.165, 1.54) is 27.1 Å². The molecule has 3 aromatic rings. The van der Waals surface area contributed by atoms with E-state index in [-0.39, 0.29) is 5.92 Å². The lowest BCUT2D eigenvalue weighted by molar-refractivity contribution is -0.858. The van der Waals surface area contributed by atoms with Crippen molar-refractivity contribution in [2.75, 3.05) is 52.7 Å². The number of nitrogens with one attached hydrogen (secondary N) is 4. The van der Waals surface area contributed by atoms with Crippen LogP contribution in [0.1, 0.15) is 23.5 Å². The van der Waals surface area contributed by atoms with Crippen LogP contribution in [0.4, 0.5) is 5.69 Å². The van der Waals surface area contributed by atoms with Crippen LogP contribution in [0.3, 0.4) is 0 Å². The van der Waals surface area contributed by atoms with Gasteiger partial charge in [-0.1, -0.05) is 30.3 Å². The number of aromatic amines is 1. The van der Waals surface area contributed by atoms with Crippen molar-refractivity contribution in [2.24, 2.45) is 0 Å². The zero-order valence-corrected chi connectivity index (χ0v) is 19.3. The number of quaternary nitrogens is 1. The molecule has 4 N–H and O–H groups in total. The largest absolute Gasteiger partial charge is 0.378 e. The minimum Gasteiger partial charge on any atom is -0.378 e. The lowest BCUT2D eigenvalue weighted by Gasteiger charge is -2.21. The van der Waals surface area contributed by atoms with Crippen LogP contribution in [0, 0.1) is 0 Å². The quantitative estimate of drug-likeness (QED) is 0.315. The van der Waals surface area contributed by atoms with Gasteiger partial charge in [-0.15, -0.1) is 0 Å². The molecule has 1 heterocycles. The molecular formula is C24H34N5S+. The monoisotopic (exact) mass is 424 g/mol. The van der Waals surface area contributed by atoms with Gasteiger partial charge in [-0.25, -0.2) is 0 Å². The molecule has 160 valence electrons. The van der Waals surface area contributed by atoms with Crippen molar-refractivity contribution in [3.63, 3.8) is 0 Å². The molecule has 0 unspecified atom stereocenters. The number of hydrogen-bond acceptors (Lipinski definition) is 2. The second kappa shape index (κ2) is 10.5. The summed E-state index contributed by atoms with van der Waals surface area (Å²) in [5.74, 6) is 0.198. The minimum atomic E-state index is 0.198. The molecule has 0 fully saturated rings. The number of thiocarbonyl (C=S) groups is 1. The van der Waals surface area contributed by atoms with Crippen LogP contribution < -0.4 is 20.4 Å². The second-order valence-electron chi connectivity index (χ2n) is 8.28. The van der Waals surface area contributed by atoms with Gasteiger partial charge in [0.05, 0.1) is 20.6 Å². The van der Waals surface area contributed by atoms with Crippen LogP contribution in [-0.2, 0) is 0 Å². The Hall–Kier alpha value is -2.57. The molecule has 2 aromatic carbocycles. The topological polar surface area (TPSA) is 47.5 Å². The van der Waals surface area contributed by atoms with Crippen molar-refractivity contribution in [1.82, 2.24) is 15.6 Å². The molecule has 1 aromatic heterocycles. The average Bonchev–Trinajstić information content (AvgIpc) is 3.16. The molecule has 0 saturated heterocycles. The molecule has 0 spiro atoms. The minimum absolute atomic E-state index is 0.198. The summed E-state index contributed by atoms with van der Waals surface area (Å²) >= 11 is 5.54. The standard InChI is InChI=1S/C24H33N5S/c1-28(2)15-7-14-25-24(30)27-16-21(18-10-12-19(13-11-18)29(3)4)22-17-26-23-9-6-5-8-20(22)23/h5-6,8-13,17,21,26H,7,14-16H2,1-4H3,(H2,25,27,30)/p+1/t21-/m0/s1. The van der Waals surface area contributed by atoms with Crippen molar-refractivity contribution in [3.8, 4) is 0 Å². The van der Waals surface area contributed by atoms with Gasteiger partial charge in [-0.05, 0) is 41.5 Å². The van der Waals surface area contributed by atoms with Crippen LogP contribution in [-0.4, -0.2) is 57.9 Å². The Morgan fingerprint density at radius 3 is 2.50 bits per heavy atom. The number of H-pyrrole nitrogens is 1. The van der Waals surface area contributed by atoms with Gasteiger partial charge >= 0.3 is 0 Å². The smallest absolute Gasteiger partial charge is 0.166 e. The van der Waals surface area contributed by atoms with Crippen molar-refractivity contribution < 1.29 is 4.90 Å². The number of rotatable bonds is 9. The number of para-hydroxylation sites is 1. The summed E-state index contributed by atoms with van der Waals surface area (Å²) in [6.07, 6.45) is 3.23. The normalized spacial score (nSPS) is 12.2. The zero-order valence-electron chi connectivity index (χ0n) is 18.5.